The second-order valence-electron chi connectivity index (χ2n) is 6.50. The topological polar surface area (TPSA) is 61.2 Å². The lowest BCUT2D eigenvalue weighted by atomic mass is 10.1. The third-order valence-corrected chi connectivity index (χ3v) is 5.23. The van der Waals surface area contributed by atoms with Crippen LogP contribution < -0.4 is 5.43 Å². The predicted molar refractivity (Wildman–Crippen MR) is 110 cm³/mol. The third kappa shape index (κ3) is 3.85. The molecule has 0 saturated carbocycles. The molecule has 2 heterocycles. The first-order valence-electron chi connectivity index (χ1n) is 8.84. The van der Waals surface area contributed by atoms with Crippen molar-refractivity contribution in [3.8, 4) is 0 Å². The Hall–Kier alpha value is -2.73. The second kappa shape index (κ2) is 7.88. The van der Waals surface area contributed by atoms with Crippen LogP contribution in [0.25, 0.3) is 23.1 Å². The summed E-state index contributed by atoms with van der Waals surface area (Å²) in [6.07, 6.45) is 3.94. The third-order valence-electron chi connectivity index (χ3n) is 4.40. The van der Waals surface area contributed by atoms with Gasteiger partial charge in [0.25, 0.3) is 0 Å². The van der Waals surface area contributed by atoms with Gasteiger partial charge in [-0.1, -0.05) is 26.0 Å². The van der Waals surface area contributed by atoms with E-state index in [0.29, 0.717) is 17.8 Å². The number of fused-ring (bicyclic) bond motifs is 1. The van der Waals surface area contributed by atoms with Crippen LogP contribution in [0.2, 0.25) is 0 Å². The number of nitrogens with zero attached hydrogens (tertiary/aromatic N) is 2. The van der Waals surface area contributed by atoms with Gasteiger partial charge in [0, 0.05) is 23.4 Å². The van der Waals surface area contributed by atoms with E-state index in [4.69, 9.17) is 4.74 Å². The molecule has 0 aliphatic carbocycles. The van der Waals surface area contributed by atoms with Gasteiger partial charge >= 0.3 is 5.97 Å². The number of rotatable bonds is 5. The summed E-state index contributed by atoms with van der Waals surface area (Å²) in [5.41, 5.74) is 2.81. The van der Waals surface area contributed by atoms with Crippen molar-refractivity contribution >= 4 is 40.4 Å². The monoisotopic (exact) mass is 382 g/mol. The summed E-state index contributed by atoms with van der Waals surface area (Å²) in [5.74, 6) is -0.111. The maximum Gasteiger partial charge on any atom is 0.354 e. The van der Waals surface area contributed by atoms with Gasteiger partial charge in [-0.2, -0.15) is 0 Å². The Morgan fingerprint density at radius 1 is 1.30 bits per heavy atom. The number of aromatic nitrogens is 2. The summed E-state index contributed by atoms with van der Waals surface area (Å²) in [7, 11) is 1.32. The molecule has 140 valence electrons. The number of pyridine rings is 1. The Bertz CT molecular complexity index is 1080. The molecule has 0 atom stereocenters. The molecule has 0 aliphatic heterocycles. The minimum atomic E-state index is -0.513. The van der Waals surface area contributed by atoms with Gasteiger partial charge in [-0.3, -0.25) is 4.79 Å². The van der Waals surface area contributed by atoms with Crippen LogP contribution in [0.1, 0.15) is 53.4 Å². The van der Waals surface area contributed by atoms with Gasteiger partial charge in [0.1, 0.15) is 10.7 Å². The zero-order valence-corrected chi connectivity index (χ0v) is 16.7. The summed E-state index contributed by atoms with van der Waals surface area (Å²) in [5, 5.41) is 3.59. The fourth-order valence-corrected chi connectivity index (χ4v) is 3.79. The molecule has 0 radical (unpaired) electrons. The van der Waals surface area contributed by atoms with Gasteiger partial charge in [0.15, 0.2) is 5.43 Å². The molecular weight excluding hydrogens is 360 g/mol. The standard InChI is InChI=1S/C21H22N2O3S/c1-5-23-17-10-14(7-9-20-22-16(12-27-20)13(2)3)6-8-15(17)19(24)11-18(23)21(25)26-4/h6-13H,5H2,1-4H3. The van der Waals surface area contributed by atoms with E-state index < -0.39 is 5.97 Å². The van der Waals surface area contributed by atoms with Crippen molar-refractivity contribution < 1.29 is 9.53 Å². The van der Waals surface area contributed by atoms with Crippen LogP contribution in [0, 0.1) is 0 Å². The Labute approximate surface area is 161 Å². The number of hydrogen-bond donors (Lipinski definition) is 0. The van der Waals surface area contributed by atoms with Crippen LogP contribution in [0.15, 0.2) is 34.4 Å². The van der Waals surface area contributed by atoms with E-state index in [2.05, 4.69) is 24.2 Å². The van der Waals surface area contributed by atoms with Crippen LogP contribution in [0.5, 0.6) is 0 Å². The molecule has 0 unspecified atom stereocenters. The summed E-state index contributed by atoms with van der Waals surface area (Å²) < 4.78 is 6.63. The molecule has 0 saturated heterocycles. The number of ether oxygens (including phenoxy) is 1. The Balaban J connectivity index is 2.06. The Morgan fingerprint density at radius 3 is 2.70 bits per heavy atom. The summed E-state index contributed by atoms with van der Waals surface area (Å²) >= 11 is 1.61. The van der Waals surface area contributed by atoms with Gasteiger partial charge in [-0.05, 0) is 36.6 Å². The molecule has 2 aromatic heterocycles. The average molecular weight is 382 g/mol. The van der Waals surface area contributed by atoms with Crippen molar-refractivity contribution in [2.45, 2.75) is 33.2 Å². The lowest BCUT2D eigenvalue weighted by molar-refractivity contribution is 0.0588. The molecule has 0 N–H and O–H groups in total. The van der Waals surface area contributed by atoms with Crippen molar-refractivity contribution in [3.63, 3.8) is 0 Å². The first kappa shape index (κ1) is 19.0. The fraction of sp³-hybridized carbons (Fsp3) is 0.286. The van der Waals surface area contributed by atoms with Gasteiger partial charge in [0.05, 0.1) is 18.3 Å². The van der Waals surface area contributed by atoms with Crippen LogP contribution in [-0.4, -0.2) is 22.6 Å². The molecule has 0 bridgehead atoms. The number of aryl methyl sites for hydroxylation is 1. The van der Waals surface area contributed by atoms with E-state index in [0.717, 1.165) is 21.8 Å². The van der Waals surface area contributed by atoms with Gasteiger partial charge in [-0.25, -0.2) is 9.78 Å². The first-order valence-corrected chi connectivity index (χ1v) is 9.72. The van der Waals surface area contributed by atoms with E-state index in [-0.39, 0.29) is 11.1 Å². The number of benzene rings is 1. The van der Waals surface area contributed by atoms with E-state index in [1.165, 1.54) is 13.2 Å². The van der Waals surface area contributed by atoms with E-state index in [1.807, 2.05) is 31.2 Å². The largest absolute Gasteiger partial charge is 0.464 e. The molecule has 1 aromatic carbocycles. The average Bonchev–Trinajstić information content (AvgIpc) is 3.15. The minimum absolute atomic E-state index is 0.188. The quantitative estimate of drug-likeness (QED) is 0.607. The number of methoxy groups -OCH3 is 1. The summed E-state index contributed by atoms with van der Waals surface area (Å²) in [4.78, 5) is 29.0. The number of hydrogen-bond acceptors (Lipinski definition) is 5. The Kier molecular flexibility index (Phi) is 5.56. The van der Waals surface area contributed by atoms with Gasteiger partial charge in [0.2, 0.25) is 0 Å². The van der Waals surface area contributed by atoms with E-state index in [1.54, 1.807) is 22.0 Å². The Morgan fingerprint density at radius 2 is 2.07 bits per heavy atom. The van der Waals surface area contributed by atoms with Crippen LogP contribution >= 0.6 is 11.3 Å². The number of thiazole rings is 1. The van der Waals surface area contributed by atoms with Crippen molar-refractivity contribution in [1.82, 2.24) is 9.55 Å². The number of carbonyl (C=O) groups is 1. The number of carbonyl (C=O) groups excluding carboxylic acids is 1. The number of esters is 1. The molecule has 3 rings (SSSR count). The van der Waals surface area contributed by atoms with Crippen molar-refractivity contribution in [3.05, 3.63) is 61.8 Å². The maximum absolute atomic E-state index is 12.4. The van der Waals surface area contributed by atoms with Crippen LogP contribution in [0.3, 0.4) is 0 Å². The smallest absolute Gasteiger partial charge is 0.354 e. The molecule has 5 nitrogen and oxygen atoms in total. The predicted octanol–water partition coefficient (Wildman–Crippen LogP) is 4.56. The fourth-order valence-electron chi connectivity index (χ4n) is 2.92. The molecule has 6 heteroatoms. The van der Waals surface area contributed by atoms with E-state index in [9.17, 15) is 9.59 Å². The first-order chi connectivity index (χ1) is 12.9. The highest BCUT2D eigenvalue weighted by atomic mass is 32.1. The molecule has 0 fully saturated rings. The molecule has 0 amide bonds. The normalized spacial score (nSPS) is 11.6. The van der Waals surface area contributed by atoms with Crippen molar-refractivity contribution in [2.75, 3.05) is 7.11 Å². The highest BCUT2D eigenvalue weighted by molar-refractivity contribution is 7.10. The SMILES string of the molecule is CCn1c(C(=O)OC)cc(=O)c2ccc(C=Cc3nc(C(C)C)cs3)cc21. The van der Waals surface area contributed by atoms with Crippen LogP contribution in [0.4, 0.5) is 0 Å². The summed E-state index contributed by atoms with van der Waals surface area (Å²) in [6, 6.07) is 6.96. The lowest BCUT2D eigenvalue weighted by Gasteiger charge is -2.14. The van der Waals surface area contributed by atoms with Crippen molar-refractivity contribution in [1.29, 1.82) is 0 Å². The maximum atomic E-state index is 12.4. The highest BCUT2D eigenvalue weighted by Gasteiger charge is 2.15. The molecule has 0 spiro atoms. The van der Waals surface area contributed by atoms with Crippen LogP contribution in [-0.2, 0) is 11.3 Å². The second-order valence-corrected chi connectivity index (χ2v) is 7.39. The minimum Gasteiger partial charge on any atom is -0.464 e. The zero-order chi connectivity index (χ0) is 19.6. The summed E-state index contributed by atoms with van der Waals surface area (Å²) in [6.45, 7) is 6.73. The zero-order valence-electron chi connectivity index (χ0n) is 15.9. The van der Waals surface area contributed by atoms with Gasteiger partial charge in [-0.15, -0.1) is 11.3 Å². The molecular formula is C21H22N2O3S. The lowest BCUT2D eigenvalue weighted by Crippen LogP contribution is -2.18. The molecule has 3 aromatic rings. The van der Waals surface area contributed by atoms with E-state index >= 15 is 0 Å². The highest BCUT2D eigenvalue weighted by Crippen LogP contribution is 2.21. The molecule has 27 heavy (non-hydrogen) atoms. The molecule has 0 aliphatic rings. The van der Waals surface area contributed by atoms with Gasteiger partial charge < -0.3 is 9.30 Å². The van der Waals surface area contributed by atoms with Crippen molar-refractivity contribution in [2.24, 2.45) is 0 Å².